The Morgan fingerprint density at radius 1 is 0.473 bits per heavy atom. The van der Waals surface area contributed by atoms with Gasteiger partial charge in [0.2, 0.25) is 0 Å². The molecular formula is C119H149ClN6O24. The molecule has 31 heteroatoms. The van der Waals surface area contributed by atoms with Gasteiger partial charge in [-0.2, -0.15) is 0 Å². The van der Waals surface area contributed by atoms with E-state index in [1.54, 1.807) is 18.2 Å². The topological polar surface area (TPSA) is 419 Å². The number of aromatic hydroxyl groups is 1. The number of ketones is 1. The van der Waals surface area contributed by atoms with Crippen LogP contribution in [0.2, 0.25) is 0 Å². The molecule has 150 heavy (non-hydrogen) atoms. The van der Waals surface area contributed by atoms with Gasteiger partial charge in [0, 0.05) is 113 Å². The molecule has 30 nitrogen and oxygen atoms in total. The van der Waals surface area contributed by atoms with Crippen molar-refractivity contribution in [2.24, 2.45) is 5.73 Å². The SMILES string of the molecule is C=C(NCCC(=O)O[C@@H](C)C(=O)OC1=CC[C@@]2(O)[C@H]3Cc4ccc(O)c5c4[C@@]2(CCN3C)[C@H]1O5)[C@@H](N)Cc1ccccc1.CC(=O)[C@@H](O)CC(=O)OC1=CC[C@@]2(O)[C@H]3Cc4ccc(CO)c5c4[C@@]2(CCN3C)[C@H]1O5.CCCCCCCC/C=C\CCCCCCCC(=O)OC1=CC[C@@]2(O)[C@H]3Cc4ccc(CO)c5c4[C@@]2(CCN3C)[C@H]1O5.C[C@H](C(=O)OC1=CC[C@@]2(O)[C@H]3Cc4ccc(CO)c5c4[C@@]2(CCN3C)[C@H]1O5)c1ccccc1.Cl. The van der Waals surface area contributed by atoms with Gasteiger partial charge in [0.25, 0.3) is 0 Å². The van der Waals surface area contributed by atoms with Crippen LogP contribution in [0.5, 0.6) is 28.7 Å². The van der Waals surface area contributed by atoms with E-state index in [4.69, 9.17) is 48.4 Å². The number of likely N-dealkylation sites (N-methyl/N-ethyl adjacent to an activating group) is 4. The Morgan fingerprint density at radius 2 is 0.840 bits per heavy atom. The molecule has 0 saturated carbocycles. The number of nitrogens with one attached hydrogen (secondary N) is 1. The molecule has 0 unspecified atom stereocenters. The van der Waals surface area contributed by atoms with E-state index >= 15 is 0 Å². The smallest absolute Gasteiger partial charge is 0.352 e. The van der Waals surface area contributed by atoms with Crippen molar-refractivity contribution in [1.82, 2.24) is 24.9 Å². The maximum atomic E-state index is 13.1. The van der Waals surface area contributed by atoms with E-state index < -0.39 is 117 Å². The summed E-state index contributed by atoms with van der Waals surface area (Å²) < 4.78 is 54.5. The van der Waals surface area contributed by atoms with Crippen LogP contribution >= 0.6 is 12.4 Å². The number of ether oxygens (including phenoxy) is 9. The van der Waals surface area contributed by atoms with Crippen molar-refractivity contribution >= 4 is 48.0 Å². The largest absolute Gasteiger partial charge is 0.504 e. The van der Waals surface area contributed by atoms with Crippen molar-refractivity contribution in [3.05, 3.63) is 253 Å². The summed E-state index contributed by atoms with van der Waals surface area (Å²) in [6, 6.07) is 34.1. The van der Waals surface area contributed by atoms with Crippen LogP contribution < -0.4 is 30.0 Å². The van der Waals surface area contributed by atoms with Gasteiger partial charge in [-0.25, -0.2) is 4.79 Å². The number of allylic oxidation sites excluding steroid dienone is 2. The third-order valence-electron chi connectivity index (χ3n) is 36.3. The molecule has 0 radical (unpaired) electrons. The fourth-order valence-electron chi connectivity index (χ4n) is 28.4. The Kier molecular flexibility index (Phi) is 32.1. The molecule has 8 aliphatic carbocycles. The number of phenolic OH excluding ortho intramolecular Hbond substituents is 1. The maximum Gasteiger partial charge on any atom is 0.352 e. The number of piperidine rings is 4. The summed E-state index contributed by atoms with van der Waals surface area (Å²) in [5.74, 6) is 0.278. The van der Waals surface area contributed by atoms with E-state index in [1.165, 1.54) is 77.2 Å². The van der Waals surface area contributed by atoms with Crippen molar-refractivity contribution in [2.75, 3.05) is 60.9 Å². The lowest BCUT2D eigenvalue weighted by molar-refractivity contribution is -0.175. The number of hydrogen-bond donors (Lipinski definition) is 11. The van der Waals surface area contributed by atoms with Crippen LogP contribution in [0.25, 0.3) is 0 Å². The van der Waals surface area contributed by atoms with Gasteiger partial charge in [-0.1, -0.05) is 180 Å². The summed E-state index contributed by atoms with van der Waals surface area (Å²) in [6.07, 6.45) is 29.8. The first-order valence-corrected chi connectivity index (χ1v) is 54.1. The van der Waals surface area contributed by atoms with Crippen molar-refractivity contribution in [1.29, 1.82) is 0 Å². The Bertz CT molecular complexity index is 6270. The standard InChI is InChI=1S/C36H53NO5.C33H39N3O7.C27H29NO5.C23H27NO7.ClH/c1-3-4-5-6-7-8-9-10-11-12-13-14-15-16-17-18-31(39)41-29-21-22-36(40)30-25-27-19-20-28(26-38)33-32(27)35(36,34(29)42-33)23-24-37(30)2;1-19(23(34)17-21-7-5-4-6-8-21)35-15-12-27(38)41-20(2)31(39)42-25-11-13-33(40)26-18-22-9-10-24(37)29-28(22)32(33,30(25)43-29)14-16-36(26)3;1-16(17-6-4-3-5-7-17)25(30)32-20-10-11-27(31)21-14-18-8-9-19(15-29)23-22(18)26(27,24(20)33-23)12-13-28(21)2;1-12(26)15(27)10-18(28)30-16-5-6-23(29)17-9-13-3-4-14(11-25)20-19(13)22(23,21(16)31-20)7-8-24(17)2;/h10-11,19-21,30,34,38,40H,3-9,12-18,22-26H2,1-2H3;4-11,20,23,26,30,35,37,40H,1,12-18,34H2,2-3H3;3-10,16,21,24,29,31H,11-15H2,1-2H3;3-5,15,17,21,25,27,29H,6-11H2,1-2H3;1H/b11-10-;;;;/t30-,34+,35+,36-;20-,23-,26+,30-,32-,33+;16-,21+,24-,26-,27+;15-,17+,21-,22-,23+;/m1000./s1. The Balaban J connectivity index is 0.000000131. The molecule has 20 atom stereocenters. The van der Waals surface area contributed by atoms with E-state index in [0.717, 1.165) is 120 Å². The Morgan fingerprint density at radius 3 is 1.25 bits per heavy atom. The number of carbonyl (C=O) groups is 6. The van der Waals surface area contributed by atoms with E-state index in [1.807, 2.05) is 124 Å². The first-order chi connectivity index (χ1) is 71.6. The molecular weight excluding hydrogens is 1930 g/mol. The number of nitrogens with zero attached hydrogens (tertiary/aromatic N) is 4. The summed E-state index contributed by atoms with van der Waals surface area (Å²) in [5, 5.41) is 102. The summed E-state index contributed by atoms with van der Waals surface area (Å²) in [5.41, 5.74) is 11.8. The molecule has 4 spiro atoms. The first kappa shape index (κ1) is 109. The zero-order valence-corrected chi connectivity index (χ0v) is 88.4. The minimum atomic E-state index is -1.41. The number of Topliss-reactive ketones (excluding diaryl/α,β-unsaturated/α-hetero) is 1. The monoisotopic (exact) mass is 2080 g/mol. The average Bonchev–Trinajstić information content (AvgIpc) is 1.50. The van der Waals surface area contributed by atoms with E-state index in [0.29, 0.717) is 128 Å². The molecule has 0 amide bonds. The maximum absolute atomic E-state index is 13.1. The van der Waals surface area contributed by atoms with Crippen LogP contribution in [-0.2, 0) is 126 Å². The number of nitrogens with two attached hydrogens (primary N) is 1. The number of aliphatic hydroxyl groups excluding tert-OH is 4. The molecule has 22 rings (SSSR count). The molecule has 4 saturated heterocycles. The van der Waals surface area contributed by atoms with Gasteiger partial charge < -0.3 is 119 Å². The van der Waals surface area contributed by atoms with E-state index in [-0.39, 0.29) is 105 Å². The number of carbonyl (C=O) groups excluding carboxylic acids is 6. The van der Waals surface area contributed by atoms with Crippen LogP contribution in [0.15, 0.2) is 181 Å². The highest BCUT2D eigenvalue weighted by Crippen LogP contribution is 2.70. The van der Waals surface area contributed by atoms with Gasteiger partial charge >= 0.3 is 29.8 Å². The van der Waals surface area contributed by atoms with Gasteiger partial charge in [-0.15, -0.1) is 12.4 Å². The fourth-order valence-corrected chi connectivity index (χ4v) is 28.4. The molecule has 16 aliphatic rings. The zero-order chi connectivity index (χ0) is 105. The molecule has 0 aromatic heterocycles. The zero-order valence-electron chi connectivity index (χ0n) is 87.6. The van der Waals surface area contributed by atoms with Gasteiger partial charge in [0.1, 0.15) is 46.4 Å². The van der Waals surface area contributed by atoms with Crippen LogP contribution in [0.1, 0.15) is 260 Å². The highest BCUT2D eigenvalue weighted by atomic mass is 35.5. The average molecular weight is 2080 g/mol. The number of unbranched alkanes of at least 4 members (excludes halogenated alkanes) is 11. The molecule has 8 bridgehead atoms. The second-order valence-electron chi connectivity index (χ2n) is 44.5. The summed E-state index contributed by atoms with van der Waals surface area (Å²) in [4.78, 5) is 84.3. The number of halogens is 1. The Labute approximate surface area is 884 Å². The minimum absolute atomic E-state index is 0. The van der Waals surface area contributed by atoms with Crippen molar-refractivity contribution in [3.63, 3.8) is 0 Å². The first-order valence-electron chi connectivity index (χ1n) is 54.1. The molecule has 8 heterocycles. The second-order valence-corrected chi connectivity index (χ2v) is 44.5. The van der Waals surface area contributed by atoms with Crippen LogP contribution in [0, 0.1) is 0 Å². The van der Waals surface area contributed by atoms with Gasteiger partial charge in [-0.3, -0.25) is 24.0 Å². The number of benzene rings is 6. The lowest BCUT2D eigenvalue weighted by Gasteiger charge is -2.61. The number of esters is 5. The number of likely N-dealkylation sites (tertiary alicyclic amines) is 4. The molecule has 8 aliphatic heterocycles. The van der Waals surface area contributed by atoms with Crippen LogP contribution in [0.3, 0.4) is 0 Å². The van der Waals surface area contributed by atoms with Crippen LogP contribution in [-0.4, -0.2) is 251 Å². The van der Waals surface area contributed by atoms with Crippen LogP contribution in [0.4, 0.5) is 0 Å². The van der Waals surface area contributed by atoms with E-state index in [2.05, 4.69) is 76.8 Å². The lowest BCUT2D eigenvalue weighted by atomic mass is 9.50. The third kappa shape index (κ3) is 18.6. The van der Waals surface area contributed by atoms with Gasteiger partial charge in [0.05, 0.1) is 82.6 Å². The highest BCUT2D eigenvalue weighted by molar-refractivity contribution is 5.86. The summed E-state index contributed by atoms with van der Waals surface area (Å²) >= 11 is 0. The van der Waals surface area contributed by atoms with Crippen molar-refractivity contribution in [2.45, 2.75) is 351 Å². The van der Waals surface area contributed by atoms with Crippen molar-refractivity contribution in [3.8, 4) is 28.7 Å². The third-order valence-corrected chi connectivity index (χ3v) is 36.3. The molecule has 6 aromatic rings. The summed E-state index contributed by atoms with van der Waals surface area (Å²) in [7, 11) is 8.17. The fraction of sp³-hybridized carbons (Fsp3) is 0.546. The van der Waals surface area contributed by atoms with E-state index in [9.17, 15) is 74.7 Å². The number of rotatable bonds is 36. The quantitative estimate of drug-likeness (QED) is 0.00753. The van der Waals surface area contributed by atoms with Gasteiger partial charge in [-0.05, 0) is 229 Å². The summed E-state index contributed by atoms with van der Waals surface area (Å²) in [6.45, 7) is 13.7. The molecule has 12 N–H and O–H groups in total. The molecule has 806 valence electrons. The number of aliphatic hydroxyl groups is 8. The normalized spacial score (nSPS) is 29.9. The predicted octanol–water partition coefficient (Wildman–Crippen LogP) is 12.8. The highest BCUT2D eigenvalue weighted by Gasteiger charge is 2.77. The van der Waals surface area contributed by atoms with Gasteiger partial charge in [0.15, 0.2) is 47.8 Å². The second kappa shape index (κ2) is 44.1. The van der Waals surface area contributed by atoms with Crippen molar-refractivity contribution < 1.29 is 117 Å². The molecule has 4 fully saturated rings. The number of hydrogen-bond acceptors (Lipinski definition) is 30. The lowest BCUT2D eigenvalue weighted by Crippen LogP contribution is -2.74. The Hall–Kier alpha value is -10.7. The minimum Gasteiger partial charge on any atom is -0.504 e. The molecule has 6 aromatic carbocycles. The number of phenols is 1. The predicted molar refractivity (Wildman–Crippen MR) is 562 cm³/mol.